The van der Waals surface area contributed by atoms with Gasteiger partial charge in [0, 0.05) is 11.9 Å². The first-order valence-corrected chi connectivity index (χ1v) is 7.50. The van der Waals surface area contributed by atoms with Crippen LogP contribution in [0.2, 0.25) is 0 Å². The Kier molecular flexibility index (Phi) is 4.58. The van der Waals surface area contributed by atoms with Gasteiger partial charge in [-0.15, -0.1) is 0 Å². The first kappa shape index (κ1) is 13.3. The number of aromatic nitrogens is 2. The number of carbonyl (C=O) groups is 1. The Morgan fingerprint density at radius 3 is 3.17 bits per heavy atom. The van der Waals surface area contributed by atoms with Crippen LogP contribution in [0.25, 0.3) is 0 Å². The molecular formula is C13H18N2O2S. The minimum Gasteiger partial charge on any atom is -0.481 e. The van der Waals surface area contributed by atoms with E-state index in [4.69, 9.17) is 5.11 Å². The molecule has 1 atom stereocenters. The summed E-state index contributed by atoms with van der Waals surface area (Å²) >= 11 is 1.84. The molecule has 4 nitrogen and oxygen atoms in total. The molecule has 1 aliphatic rings. The number of rotatable bonds is 5. The van der Waals surface area contributed by atoms with Crippen LogP contribution in [-0.4, -0.2) is 26.8 Å². The van der Waals surface area contributed by atoms with Crippen LogP contribution < -0.4 is 0 Å². The quantitative estimate of drug-likeness (QED) is 0.829. The third-order valence-corrected chi connectivity index (χ3v) is 4.29. The van der Waals surface area contributed by atoms with Crippen molar-refractivity contribution in [3.05, 3.63) is 23.3 Å². The Labute approximate surface area is 111 Å². The third-order valence-electron chi connectivity index (χ3n) is 3.13. The molecule has 5 heteroatoms. The molecule has 98 valence electrons. The van der Waals surface area contributed by atoms with Crippen molar-refractivity contribution >= 4 is 17.7 Å². The Morgan fingerprint density at radius 1 is 1.61 bits per heavy atom. The average Bonchev–Trinajstić information content (AvgIpc) is 2.38. The predicted molar refractivity (Wildman–Crippen MR) is 71.6 cm³/mol. The summed E-state index contributed by atoms with van der Waals surface area (Å²) in [4.78, 5) is 19.8. The molecule has 1 aliphatic carbocycles. The van der Waals surface area contributed by atoms with Gasteiger partial charge in [-0.2, -0.15) is 11.8 Å². The second-order valence-electron chi connectivity index (χ2n) is 4.59. The van der Waals surface area contributed by atoms with Crippen LogP contribution in [0, 0.1) is 5.92 Å². The van der Waals surface area contributed by atoms with Gasteiger partial charge in [-0.1, -0.05) is 6.92 Å². The molecule has 0 saturated carbocycles. The van der Waals surface area contributed by atoms with Gasteiger partial charge >= 0.3 is 5.97 Å². The molecule has 0 aromatic carbocycles. The monoisotopic (exact) mass is 266 g/mol. The number of fused-ring (bicyclic) bond motifs is 1. The van der Waals surface area contributed by atoms with Gasteiger partial charge in [-0.3, -0.25) is 4.79 Å². The van der Waals surface area contributed by atoms with Crippen molar-refractivity contribution in [3.63, 3.8) is 0 Å². The van der Waals surface area contributed by atoms with E-state index in [1.165, 1.54) is 0 Å². The molecule has 1 N–H and O–H groups in total. The van der Waals surface area contributed by atoms with Crippen molar-refractivity contribution in [1.82, 2.24) is 9.97 Å². The summed E-state index contributed by atoms with van der Waals surface area (Å²) in [6.45, 7) is 2.16. The lowest BCUT2D eigenvalue weighted by Crippen LogP contribution is -2.23. The Hall–Kier alpha value is -1.10. The summed E-state index contributed by atoms with van der Waals surface area (Å²) in [5.41, 5.74) is 2.06. The molecule has 1 unspecified atom stereocenters. The zero-order valence-corrected chi connectivity index (χ0v) is 11.4. The predicted octanol–water partition coefficient (Wildman–Crippen LogP) is 2.31. The van der Waals surface area contributed by atoms with Gasteiger partial charge in [0.25, 0.3) is 0 Å². The van der Waals surface area contributed by atoms with Gasteiger partial charge in [-0.05, 0) is 37.0 Å². The standard InChI is InChI=1S/C13H18N2O2S/c1-2-5-18-8-12-14-7-10-6-9(13(16)17)3-4-11(10)15-12/h7,9H,2-6,8H2,1H3,(H,16,17). The third kappa shape index (κ3) is 3.22. The van der Waals surface area contributed by atoms with E-state index in [1.54, 1.807) is 0 Å². The second kappa shape index (κ2) is 6.18. The number of aliphatic carboxylic acids is 1. The zero-order chi connectivity index (χ0) is 13.0. The highest BCUT2D eigenvalue weighted by atomic mass is 32.2. The van der Waals surface area contributed by atoms with E-state index in [0.717, 1.165) is 41.4 Å². The zero-order valence-electron chi connectivity index (χ0n) is 10.6. The first-order chi connectivity index (χ1) is 8.70. The van der Waals surface area contributed by atoms with Gasteiger partial charge in [0.15, 0.2) is 0 Å². The van der Waals surface area contributed by atoms with Crippen LogP contribution in [0.1, 0.15) is 36.8 Å². The van der Waals surface area contributed by atoms with Crippen molar-refractivity contribution in [1.29, 1.82) is 0 Å². The van der Waals surface area contributed by atoms with Gasteiger partial charge < -0.3 is 5.11 Å². The number of thioether (sulfide) groups is 1. The van der Waals surface area contributed by atoms with Crippen molar-refractivity contribution in [3.8, 4) is 0 Å². The van der Waals surface area contributed by atoms with Gasteiger partial charge in [0.1, 0.15) is 5.82 Å². The lowest BCUT2D eigenvalue weighted by molar-refractivity contribution is -0.142. The minimum absolute atomic E-state index is 0.263. The van der Waals surface area contributed by atoms with Crippen LogP contribution in [0.5, 0.6) is 0 Å². The molecule has 1 heterocycles. The minimum atomic E-state index is -0.705. The Morgan fingerprint density at radius 2 is 2.44 bits per heavy atom. The van der Waals surface area contributed by atoms with Crippen molar-refractivity contribution in [2.75, 3.05) is 5.75 Å². The highest BCUT2D eigenvalue weighted by Crippen LogP contribution is 2.24. The van der Waals surface area contributed by atoms with Gasteiger partial charge in [-0.25, -0.2) is 9.97 Å². The fourth-order valence-corrected chi connectivity index (χ4v) is 2.89. The normalized spacial score (nSPS) is 18.4. The fourth-order valence-electron chi connectivity index (χ4n) is 2.14. The van der Waals surface area contributed by atoms with Crippen LogP contribution in [0.3, 0.4) is 0 Å². The maximum atomic E-state index is 11.0. The van der Waals surface area contributed by atoms with Crippen LogP contribution in [0.4, 0.5) is 0 Å². The largest absolute Gasteiger partial charge is 0.481 e. The van der Waals surface area contributed by atoms with Crippen LogP contribution >= 0.6 is 11.8 Å². The fraction of sp³-hybridized carbons (Fsp3) is 0.615. The average molecular weight is 266 g/mol. The van der Waals surface area contributed by atoms with E-state index in [9.17, 15) is 4.79 Å². The SMILES string of the molecule is CCCSCc1ncc2c(n1)CCC(C(=O)O)C2. The van der Waals surface area contributed by atoms with E-state index in [-0.39, 0.29) is 5.92 Å². The van der Waals surface area contributed by atoms with Gasteiger partial charge in [0.2, 0.25) is 0 Å². The van der Waals surface area contributed by atoms with Gasteiger partial charge in [0.05, 0.1) is 11.7 Å². The molecule has 18 heavy (non-hydrogen) atoms. The highest BCUT2D eigenvalue weighted by Gasteiger charge is 2.25. The topological polar surface area (TPSA) is 63.1 Å². The summed E-state index contributed by atoms with van der Waals surface area (Å²) in [7, 11) is 0. The highest BCUT2D eigenvalue weighted by molar-refractivity contribution is 7.98. The van der Waals surface area contributed by atoms with Crippen LogP contribution in [0.15, 0.2) is 6.20 Å². The molecule has 1 aromatic rings. The smallest absolute Gasteiger partial charge is 0.306 e. The first-order valence-electron chi connectivity index (χ1n) is 6.35. The Bertz CT molecular complexity index is 437. The molecule has 0 bridgehead atoms. The Balaban J connectivity index is 2.03. The molecular weight excluding hydrogens is 248 g/mol. The number of hydrogen-bond acceptors (Lipinski definition) is 4. The lowest BCUT2D eigenvalue weighted by atomic mass is 9.87. The molecule has 0 aliphatic heterocycles. The summed E-state index contributed by atoms with van der Waals surface area (Å²) in [6.07, 6.45) is 5.02. The number of nitrogens with zero attached hydrogens (tertiary/aromatic N) is 2. The number of carboxylic acid groups (broad SMARTS) is 1. The van der Waals surface area contributed by atoms with Crippen molar-refractivity contribution in [2.24, 2.45) is 5.92 Å². The molecule has 2 rings (SSSR count). The van der Waals surface area contributed by atoms with E-state index < -0.39 is 5.97 Å². The summed E-state index contributed by atoms with van der Waals surface area (Å²) in [6, 6.07) is 0. The summed E-state index contributed by atoms with van der Waals surface area (Å²) in [5, 5.41) is 9.02. The maximum Gasteiger partial charge on any atom is 0.306 e. The number of hydrogen-bond donors (Lipinski definition) is 1. The van der Waals surface area contributed by atoms with E-state index in [2.05, 4.69) is 16.9 Å². The molecule has 0 amide bonds. The molecule has 0 radical (unpaired) electrons. The number of aryl methyl sites for hydroxylation is 1. The molecule has 0 saturated heterocycles. The molecule has 0 fully saturated rings. The maximum absolute atomic E-state index is 11.0. The summed E-state index contributed by atoms with van der Waals surface area (Å²) < 4.78 is 0. The van der Waals surface area contributed by atoms with E-state index in [1.807, 2.05) is 18.0 Å². The molecule has 1 aromatic heterocycles. The summed E-state index contributed by atoms with van der Waals surface area (Å²) in [5.74, 6) is 1.89. The molecule has 0 spiro atoms. The number of carboxylic acids is 1. The van der Waals surface area contributed by atoms with E-state index >= 15 is 0 Å². The van der Waals surface area contributed by atoms with E-state index in [0.29, 0.717) is 12.8 Å². The van der Waals surface area contributed by atoms with Crippen molar-refractivity contribution < 1.29 is 9.90 Å². The van der Waals surface area contributed by atoms with Crippen molar-refractivity contribution in [2.45, 2.75) is 38.4 Å². The second-order valence-corrected chi connectivity index (χ2v) is 5.69. The van der Waals surface area contributed by atoms with Crippen LogP contribution in [-0.2, 0) is 23.4 Å². The lowest BCUT2D eigenvalue weighted by Gasteiger charge is -2.20.